The molecule has 0 radical (unpaired) electrons. The Morgan fingerprint density at radius 1 is 1.44 bits per heavy atom. The Balaban J connectivity index is 2.13. The van der Waals surface area contributed by atoms with Gasteiger partial charge in [0.25, 0.3) is 0 Å². The molecule has 0 amide bonds. The molecule has 0 aliphatic heterocycles. The molecule has 1 unspecified atom stereocenters. The van der Waals surface area contributed by atoms with Gasteiger partial charge in [0.1, 0.15) is 0 Å². The van der Waals surface area contributed by atoms with Gasteiger partial charge in [-0.3, -0.25) is 0 Å². The summed E-state index contributed by atoms with van der Waals surface area (Å²) in [7, 11) is 0. The van der Waals surface area contributed by atoms with Crippen molar-refractivity contribution in [2.45, 2.75) is 51.5 Å². The summed E-state index contributed by atoms with van der Waals surface area (Å²) in [5.41, 5.74) is 5.52. The molecular formula is C13H28N2O. The van der Waals surface area contributed by atoms with Crippen LogP contribution < -0.4 is 5.73 Å². The minimum absolute atomic E-state index is 0.0851. The lowest BCUT2D eigenvalue weighted by molar-refractivity contribution is 0.165. The normalized spacial score (nSPS) is 20.8. The summed E-state index contributed by atoms with van der Waals surface area (Å²) in [6.45, 7) is 7.76. The zero-order valence-electron chi connectivity index (χ0n) is 10.9. The first-order valence-electron chi connectivity index (χ1n) is 6.69. The standard InChI is InChI=1S/C13H28N2O/c1-3-15(10-12-6-4-7-12)9-5-8-13(2,14)11-16/h12,16H,3-11,14H2,1-2H3. The van der Waals surface area contributed by atoms with Crippen molar-refractivity contribution in [1.29, 1.82) is 0 Å². The molecule has 3 N–H and O–H groups in total. The summed E-state index contributed by atoms with van der Waals surface area (Å²) in [5.74, 6) is 0.946. The van der Waals surface area contributed by atoms with Crippen LogP contribution in [0, 0.1) is 5.92 Å². The van der Waals surface area contributed by atoms with Crippen molar-refractivity contribution in [3.05, 3.63) is 0 Å². The van der Waals surface area contributed by atoms with Crippen LogP contribution in [0.4, 0.5) is 0 Å². The molecule has 96 valence electrons. The molecule has 1 rings (SSSR count). The van der Waals surface area contributed by atoms with E-state index in [1.165, 1.54) is 25.8 Å². The third-order valence-electron chi connectivity index (χ3n) is 3.77. The van der Waals surface area contributed by atoms with Gasteiger partial charge in [0.05, 0.1) is 6.61 Å². The number of nitrogens with two attached hydrogens (primary N) is 1. The zero-order valence-corrected chi connectivity index (χ0v) is 10.9. The van der Waals surface area contributed by atoms with Crippen LogP contribution in [0.15, 0.2) is 0 Å². The van der Waals surface area contributed by atoms with E-state index >= 15 is 0 Å². The minimum Gasteiger partial charge on any atom is -0.394 e. The van der Waals surface area contributed by atoms with Gasteiger partial charge in [-0.1, -0.05) is 13.3 Å². The molecule has 0 aromatic rings. The maximum Gasteiger partial charge on any atom is 0.0608 e. The Kier molecular flexibility index (Phi) is 5.73. The van der Waals surface area contributed by atoms with E-state index in [0.717, 1.165) is 31.8 Å². The van der Waals surface area contributed by atoms with E-state index in [2.05, 4.69) is 11.8 Å². The number of nitrogens with zero attached hydrogens (tertiary/aromatic N) is 1. The van der Waals surface area contributed by atoms with Crippen LogP contribution in [0.1, 0.15) is 46.0 Å². The molecule has 1 aliphatic carbocycles. The largest absolute Gasteiger partial charge is 0.394 e. The van der Waals surface area contributed by atoms with Crippen molar-refractivity contribution >= 4 is 0 Å². The lowest BCUT2D eigenvalue weighted by atomic mass is 9.85. The predicted octanol–water partition coefficient (Wildman–Crippen LogP) is 1.60. The molecular weight excluding hydrogens is 200 g/mol. The Labute approximate surface area is 100 Å². The van der Waals surface area contributed by atoms with E-state index < -0.39 is 5.54 Å². The van der Waals surface area contributed by atoms with Crippen LogP contribution >= 0.6 is 0 Å². The Hall–Kier alpha value is -0.120. The fraction of sp³-hybridized carbons (Fsp3) is 1.00. The van der Waals surface area contributed by atoms with Gasteiger partial charge in [0.15, 0.2) is 0 Å². The maximum atomic E-state index is 9.07. The highest BCUT2D eigenvalue weighted by atomic mass is 16.3. The summed E-state index contributed by atoms with van der Waals surface area (Å²) in [6.07, 6.45) is 6.26. The number of rotatable bonds is 8. The molecule has 1 fully saturated rings. The highest BCUT2D eigenvalue weighted by Gasteiger charge is 2.21. The molecule has 1 atom stereocenters. The highest BCUT2D eigenvalue weighted by Crippen LogP contribution is 2.27. The molecule has 0 aromatic heterocycles. The van der Waals surface area contributed by atoms with Gasteiger partial charge in [-0.2, -0.15) is 0 Å². The second-order valence-electron chi connectivity index (χ2n) is 5.61. The lowest BCUT2D eigenvalue weighted by Gasteiger charge is -2.32. The van der Waals surface area contributed by atoms with Gasteiger partial charge in [0.2, 0.25) is 0 Å². The number of aliphatic hydroxyl groups is 1. The van der Waals surface area contributed by atoms with E-state index in [1.807, 2.05) is 6.92 Å². The Morgan fingerprint density at radius 3 is 2.56 bits per heavy atom. The number of hydrogen-bond donors (Lipinski definition) is 2. The lowest BCUT2D eigenvalue weighted by Crippen LogP contribution is -2.41. The Bertz CT molecular complexity index is 190. The molecule has 1 aliphatic rings. The van der Waals surface area contributed by atoms with Crippen LogP contribution in [0.25, 0.3) is 0 Å². The average Bonchev–Trinajstić information content (AvgIpc) is 2.20. The SMILES string of the molecule is CCN(CCCC(C)(N)CO)CC1CCC1. The molecule has 0 bridgehead atoms. The van der Waals surface area contributed by atoms with E-state index in [1.54, 1.807) is 0 Å². The minimum atomic E-state index is -0.393. The second-order valence-corrected chi connectivity index (χ2v) is 5.61. The van der Waals surface area contributed by atoms with Crippen molar-refractivity contribution in [2.24, 2.45) is 11.7 Å². The van der Waals surface area contributed by atoms with Gasteiger partial charge in [-0.25, -0.2) is 0 Å². The van der Waals surface area contributed by atoms with E-state index in [9.17, 15) is 0 Å². The smallest absolute Gasteiger partial charge is 0.0608 e. The van der Waals surface area contributed by atoms with Crippen LogP contribution in [0.2, 0.25) is 0 Å². The molecule has 3 nitrogen and oxygen atoms in total. The molecule has 0 heterocycles. The molecule has 1 saturated carbocycles. The fourth-order valence-electron chi connectivity index (χ4n) is 2.20. The summed E-state index contributed by atoms with van der Waals surface area (Å²) in [5, 5.41) is 9.07. The first-order chi connectivity index (χ1) is 7.57. The van der Waals surface area contributed by atoms with Crippen LogP contribution in [0.3, 0.4) is 0 Å². The first kappa shape index (κ1) is 13.9. The highest BCUT2D eigenvalue weighted by molar-refractivity contribution is 4.78. The zero-order chi connectivity index (χ0) is 12.0. The van der Waals surface area contributed by atoms with Gasteiger partial charge >= 0.3 is 0 Å². The van der Waals surface area contributed by atoms with Gasteiger partial charge < -0.3 is 15.7 Å². The van der Waals surface area contributed by atoms with Gasteiger partial charge in [0, 0.05) is 12.1 Å². The summed E-state index contributed by atoms with van der Waals surface area (Å²) in [6, 6.07) is 0. The van der Waals surface area contributed by atoms with Crippen molar-refractivity contribution in [3.63, 3.8) is 0 Å². The van der Waals surface area contributed by atoms with Crippen LogP contribution in [-0.4, -0.2) is 41.8 Å². The third-order valence-corrected chi connectivity index (χ3v) is 3.77. The van der Waals surface area contributed by atoms with Crippen molar-refractivity contribution in [2.75, 3.05) is 26.2 Å². The van der Waals surface area contributed by atoms with E-state index in [4.69, 9.17) is 10.8 Å². The average molecular weight is 228 g/mol. The Morgan fingerprint density at radius 2 is 2.12 bits per heavy atom. The van der Waals surface area contributed by atoms with Crippen molar-refractivity contribution in [1.82, 2.24) is 4.90 Å². The van der Waals surface area contributed by atoms with Crippen LogP contribution in [-0.2, 0) is 0 Å². The van der Waals surface area contributed by atoms with Crippen molar-refractivity contribution < 1.29 is 5.11 Å². The van der Waals surface area contributed by atoms with E-state index in [-0.39, 0.29) is 6.61 Å². The van der Waals surface area contributed by atoms with Gasteiger partial charge in [-0.05, 0) is 51.6 Å². The molecule has 16 heavy (non-hydrogen) atoms. The summed E-state index contributed by atoms with van der Waals surface area (Å²) < 4.78 is 0. The predicted molar refractivity (Wildman–Crippen MR) is 68.4 cm³/mol. The molecule has 0 aromatic carbocycles. The molecule has 0 spiro atoms. The maximum absolute atomic E-state index is 9.07. The number of hydrogen-bond acceptors (Lipinski definition) is 3. The quantitative estimate of drug-likeness (QED) is 0.663. The number of aliphatic hydroxyl groups excluding tert-OH is 1. The summed E-state index contributed by atoms with van der Waals surface area (Å²) >= 11 is 0. The van der Waals surface area contributed by atoms with E-state index in [0.29, 0.717) is 0 Å². The fourth-order valence-corrected chi connectivity index (χ4v) is 2.20. The molecule has 0 saturated heterocycles. The second kappa shape index (κ2) is 6.58. The van der Waals surface area contributed by atoms with Crippen molar-refractivity contribution in [3.8, 4) is 0 Å². The first-order valence-corrected chi connectivity index (χ1v) is 6.69. The molecule has 3 heteroatoms. The van der Waals surface area contributed by atoms with Gasteiger partial charge in [-0.15, -0.1) is 0 Å². The topological polar surface area (TPSA) is 49.5 Å². The third kappa shape index (κ3) is 4.81. The monoisotopic (exact) mass is 228 g/mol. The summed E-state index contributed by atoms with van der Waals surface area (Å²) in [4.78, 5) is 2.53. The van der Waals surface area contributed by atoms with Crippen LogP contribution in [0.5, 0.6) is 0 Å².